The van der Waals surface area contributed by atoms with Gasteiger partial charge in [0.25, 0.3) is 5.91 Å². The molecular weight excluding hydrogens is 484 g/mol. The number of fused-ring (bicyclic) bond motifs is 3. The Bertz CT molecular complexity index is 1450. The lowest BCUT2D eigenvalue weighted by molar-refractivity contribution is -0.126. The van der Waals surface area contributed by atoms with Gasteiger partial charge >= 0.3 is 0 Å². The van der Waals surface area contributed by atoms with Crippen molar-refractivity contribution in [1.82, 2.24) is 4.90 Å². The minimum absolute atomic E-state index is 0.0228. The normalized spacial score (nSPS) is 25.3. The summed E-state index contributed by atoms with van der Waals surface area (Å²) in [6.45, 7) is 3.03. The summed E-state index contributed by atoms with van der Waals surface area (Å²) >= 11 is 0. The number of aliphatic hydroxyl groups is 2. The Morgan fingerprint density at radius 3 is 2.53 bits per heavy atom. The van der Waals surface area contributed by atoms with Crippen LogP contribution in [-0.4, -0.2) is 50.8 Å². The van der Waals surface area contributed by atoms with Crippen LogP contribution in [0.5, 0.6) is 5.75 Å². The molecule has 1 aliphatic heterocycles. The number of allylic oxidation sites excluding steroid dienone is 3. The van der Waals surface area contributed by atoms with Crippen LogP contribution in [0.15, 0.2) is 59.1 Å². The number of aliphatic hydroxyl groups excluding tert-OH is 2. The van der Waals surface area contributed by atoms with E-state index in [1.165, 1.54) is 24.5 Å². The molecule has 3 aliphatic carbocycles. The van der Waals surface area contributed by atoms with Gasteiger partial charge in [-0.25, -0.2) is 0 Å². The van der Waals surface area contributed by atoms with Crippen molar-refractivity contribution in [2.45, 2.75) is 38.6 Å². The van der Waals surface area contributed by atoms with E-state index in [2.05, 4.69) is 17.0 Å². The van der Waals surface area contributed by atoms with Gasteiger partial charge in [0.15, 0.2) is 11.6 Å². The van der Waals surface area contributed by atoms with Crippen LogP contribution >= 0.6 is 0 Å². The number of hydrogen-bond acceptors (Lipinski definition) is 7. The molecule has 0 saturated carbocycles. The summed E-state index contributed by atoms with van der Waals surface area (Å²) in [4.78, 5) is 41.0. The summed E-state index contributed by atoms with van der Waals surface area (Å²) in [5.41, 5.74) is 8.74. The number of hydrogen-bond donors (Lipinski definition) is 4. The van der Waals surface area contributed by atoms with Crippen LogP contribution in [0.3, 0.4) is 0 Å². The van der Waals surface area contributed by atoms with Crippen molar-refractivity contribution < 1.29 is 29.7 Å². The van der Waals surface area contributed by atoms with E-state index in [9.17, 15) is 29.7 Å². The first kappa shape index (κ1) is 24.4. The maximum atomic E-state index is 13.8. The van der Waals surface area contributed by atoms with Crippen molar-refractivity contribution in [3.05, 3.63) is 75.8 Å². The lowest BCUT2D eigenvalue weighted by atomic mass is 9.62. The highest BCUT2D eigenvalue weighted by molar-refractivity contribution is 6.22. The largest absolute Gasteiger partial charge is 0.511 e. The predicted octanol–water partition coefficient (Wildman–Crippen LogP) is 3.73. The third-order valence-corrected chi connectivity index (χ3v) is 8.61. The fourth-order valence-electron chi connectivity index (χ4n) is 6.95. The molecule has 0 radical (unpaired) electrons. The minimum Gasteiger partial charge on any atom is -0.511 e. The summed E-state index contributed by atoms with van der Waals surface area (Å²) in [5, 5.41) is 32.3. The van der Waals surface area contributed by atoms with Crippen LogP contribution in [0.2, 0.25) is 0 Å². The number of likely N-dealkylation sites (tertiary alicyclic amines) is 1. The second kappa shape index (κ2) is 9.13. The Kier molecular flexibility index (Phi) is 5.87. The molecule has 0 spiro atoms. The molecule has 3 atom stereocenters. The molecule has 3 unspecified atom stereocenters. The van der Waals surface area contributed by atoms with Gasteiger partial charge in [0.2, 0.25) is 0 Å². The minimum atomic E-state index is -1.11. The molecule has 6 rings (SSSR count). The van der Waals surface area contributed by atoms with Crippen molar-refractivity contribution in [1.29, 1.82) is 0 Å². The molecule has 196 valence electrons. The first-order valence-electron chi connectivity index (χ1n) is 13.1. The lowest BCUT2D eigenvalue weighted by Crippen LogP contribution is -2.43. The number of amides is 1. The molecule has 1 saturated heterocycles. The second-order valence-electron chi connectivity index (χ2n) is 10.9. The van der Waals surface area contributed by atoms with Crippen molar-refractivity contribution in [3.63, 3.8) is 0 Å². The van der Waals surface area contributed by atoms with Gasteiger partial charge in [0.1, 0.15) is 22.8 Å². The summed E-state index contributed by atoms with van der Waals surface area (Å²) < 4.78 is 0. The van der Waals surface area contributed by atoms with Crippen molar-refractivity contribution in [2.24, 2.45) is 23.5 Å². The molecule has 0 aromatic heterocycles. The van der Waals surface area contributed by atoms with E-state index in [-0.39, 0.29) is 40.7 Å². The molecule has 5 N–H and O–H groups in total. The number of ketones is 2. The van der Waals surface area contributed by atoms with Gasteiger partial charge in [0, 0.05) is 18.5 Å². The quantitative estimate of drug-likeness (QED) is 0.456. The van der Waals surface area contributed by atoms with Crippen molar-refractivity contribution >= 4 is 17.5 Å². The van der Waals surface area contributed by atoms with Gasteiger partial charge in [0.05, 0.1) is 11.5 Å². The molecule has 2 aromatic rings. The number of carbonyl (C=O) groups is 3. The van der Waals surface area contributed by atoms with Crippen molar-refractivity contribution in [3.8, 4) is 16.9 Å². The standard InChI is InChI=1S/C30H30N2O6/c31-30(38)26-22(34)13-18-11-17-12-20-19(16-5-3-4-15(10-16)14-32-8-1-2-9-32)6-7-21(33)25(20)28(36)23(17)27(35)24(18)29(26)37/h3-7,10,17-18,24,33-35H,1-2,8-9,11-14H2,(H2,31,38). The van der Waals surface area contributed by atoms with Gasteiger partial charge in [-0.1, -0.05) is 24.3 Å². The van der Waals surface area contributed by atoms with Crippen LogP contribution in [0.25, 0.3) is 11.1 Å². The lowest BCUT2D eigenvalue weighted by Gasteiger charge is -2.41. The van der Waals surface area contributed by atoms with E-state index in [0.29, 0.717) is 18.4 Å². The van der Waals surface area contributed by atoms with E-state index in [0.717, 1.165) is 30.8 Å². The predicted molar refractivity (Wildman–Crippen MR) is 139 cm³/mol. The number of nitrogens with zero attached hydrogens (tertiary/aromatic N) is 1. The zero-order valence-corrected chi connectivity index (χ0v) is 20.9. The van der Waals surface area contributed by atoms with Gasteiger partial charge in [-0.15, -0.1) is 0 Å². The molecule has 1 heterocycles. The SMILES string of the molecule is NC(=O)C1=C(O)CC2CC3Cc4c(-c5cccc(CN6CCCC6)c5)ccc(O)c4C(=O)C3=C(O)C2C1=O. The van der Waals surface area contributed by atoms with E-state index >= 15 is 0 Å². The second-order valence-corrected chi connectivity index (χ2v) is 10.9. The molecule has 2 aromatic carbocycles. The first-order valence-corrected chi connectivity index (χ1v) is 13.1. The van der Waals surface area contributed by atoms with Gasteiger partial charge in [-0.2, -0.15) is 0 Å². The van der Waals surface area contributed by atoms with Crippen LogP contribution in [0, 0.1) is 17.8 Å². The molecule has 4 aliphatic rings. The number of phenolic OH excluding ortho intramolecular Hbond substituents is 1. The van der Waals surface area contributed by atoms with Crippen LogP contribution in [-0.2, 0) is 22.6 Å². The first-order chi connectivity index (χ1) is 18.2. The average molecular weight is 515 g/mol. The van der Waals surface area contributed by atoms with Gasteiger partial charge in [-0.3, -0.25) is 19.3 Å². The number of rotatable bonds is 4. The number of carbonyl (C=O) groups excluding carboxylic acids is 3. The number of Topliss-reactive ketones (excluding diaryl/α,β-unsaturated/α-hetero) is 2. The number of benzene rings is 2. The van der Waals surface area contributed by atoms with Crippen molar-refractivity contribution in [2.75, 3.05) is 13.1 Å². The summed E-state index contributed by atoms with van der Waals surface area (Å²) in [7, 11) is 0. The summed E-state index contributed by atoms with van der Waals surface area (Å²) in [6, 6.07) is 11.6. The Morgan fingerprint density at radius 1 is 1.03 bits per heavy atom. The third-order valence-electron chi connectivity index (χ3n) is 8.61. The fraction of sp³-hybridized carbons (Fsp3) is 0.367. The van der Waals surface area contributed by atoms with Crippen LogP contribution < -0.4 is 5.73 Å². The average Bonchev–Trinajstić information content (AvgIpc) is 3.36. The van der Waals surface area contributed by atoms with E-state index in [1.54, 1.807) is 0 Å². The van der Waals surface area contributed by atoms with Crippen LogP contribution in [0.4, 0.5) is 0 Å². The number of phenols is 1. The molecule has 1 amide bonds. The van der Waals surface area contributed by atoms with E-state index in [1.807, 2.05) is 18.2 Å². The molecule has 1 fully saturated rings. The Balaban J connectivity index is 1.40. The maximum Gasteiger partial charge on any atom is 0.255 e. The summed E-state index contributed by atoms with van der Waals surface area (Å²) in [5.74, 6) is -5.20. The summed E-state index contributed by atoms with van der Waals surface area (Å²) in [6.07, 6.45) is 3.21. The number of nitrogens with two attached hydrogens (primary N) is 1. The molecule has 8 nitrogen and oxygen atoms in total. The zero-order valence-electron chi connectivity index (χ0n) is 20.9. The molecular formula is C30H30N2O6. The molecule has 0 bridgehead atoms. The van der Waals surface area contributed by atoms with Crippen LogP contribution in [0.1, 0.15) is 47.2 Å². The number of primary amides is 1. The zero-order chi connectivity index (χ0) is 26.7. The Hall–Kier alpha value is -3.91. The topological polar surface area (TPSA) is 141 Å². The monoisotopic (exact) mass is 514 g/mol. The molecule has 8 heteroatoms. The third kappa shape index (κ3) is 3.82. The van der Waals surface area contributed by atoms with E-state index < -0.39 is 34.9 Å². The Morgan fingerprint density at radius 2 is 1.79 bits per heavy atom. The van der Waals surface area contributed by atoms with Gasteiger partial charge < -0.3 is 21.1 Å². The fourth-order valence-corrected chi connectivity index (χ4v) is 6.95. The smallest absolute Gasteiger partial charge is 0.255 e. The van der Waals surface area contributed by atoms with Gasteiger partial charge in [-0.05, 0) is 85.0 Å². The highest BCUT2D eigenvalue weighted by Gasteiger charge is 2.50. The van der Waals surface area contributed by atoms with E-state index in [4.69, 9.17) is 5.73 Å². The Labute approximate surface area is 220 Å². The maximum absolute atomic E-state index is 13.8. The highest BCUT2D eigenvalue weighted by atomic mass is 16.3. The highest BCUT2D eigenvalue weighted by Crippen LogP contribution is 2.50. The molecule has 38 heavy (non-hydrogen) atoms. The number of aromatic hydroxyl groups is 1.